The number of hydrogen-bond acceptors (Lipinski definition) is 6. The second kappa shape index (κ2) is 11.7. The number of nitrogens with zero attached hydrogens (tertiary/aromatic N) is 4. The number of halogens is 4. The molecule has 6 rings (SSSR count). The van der Waals surface area contributed by atoms with Gasteiger partial charge in [-0.1, -0.05) is 12.2 Å². The average Bonchev–Trinajstić information content (AvgIpc) is 3.39. The number of anilines is 2. The zero-order chi connectivity index (χ0) is 31.0. The van der Waals surface area contributed by atoms with Crippen molar-refractivity contribution in [2.45, 2.75) is 63.2 Å². The molecule has 44 heavy (non-hydrogen) atoms. The zero-order valence-corrected chi connectivity index (χ0v) is 23.5. The molecular formula is C31H29F4N7O2. The lowest BCUT2D eigenvalue weighted by Crippen LogP contribution is -2.39. The summed E-state index contributed by atoms with van der Waals surface area (Å²) < 4.78 is 56.8. The Hall–Kier alpha value is -4.81. The number of rotatable bonds is 3. The molecule has 1 saturated carbocycles. The predicted octanol–water partition coefficient (Wildman–Crippen LogP) is 6.28. The zero-order valence-electron chi connectivity index (χ0n) is 23.5. The van der Waals surface area contributed by atoms with Crippen molar-refractivity contribution in [3.05, 3.63) is 71.3 Å². The van der Waals surface area contributed by atoms with E-state index in [4.69, 9.17) is 10.8 Å². The highest BCUT2D eigenvalue weighted by Crippen LogP contribution is 2.40. The summed E-state index contributed by atoms with van der Waals surface area (Å²) >= 11 is 0. The maximum atomic E-state index is 15.8. The summed E-state index contributed by atoms with van der Waals surface area (Å²) in [5.41, 5.74) is 7.09. The quantitative estimate of drug-likeness (QED) is 0.235. The highest BCUT2D eigenvalue weighted by atomic mass is 19.4. The topological polar surface area (TPSA) is 128 Å². The number of carbonyl (C=O) groups is 2. The molecule has 0 unspecified atom stereocenters. The fourth-order valence-corrected chi connectivity index (χ4v) is 5.91. The Balaban J connectivity index is 1.39. The van der Waals surface area contributed by atoms with Crippen molar-refractivity contribution in [3.63, 3.8) is 0 Å². The number of nitrogens with two attached hydrogens (primary N) is 1. The van der Waals surface area contributed by atoms with Crippen LogP contribution in [0.25, 0.3) is 28.2 Å². The van der Waals surface area contributed by atoms with Crippen molar-refractivity contribution >= 4 is 40.4 Å². The number of amides is 2. The van der Waals surface area contributed by atoms with Crippen LogP contribution in [0.5, 0.6) is 0 Å². The monoisotopic (exact) mass is 607 g/mol. The van der Waals surface area contributed by atoms with E-state index in [1.165, 1.54) is 12.1 Å². The Morgan fingerprint density at radius 3 is 2.75 bits per heavy atom. The molecule has 1 aromatic carbocycles. The van der Waals surface area contributed by atoms with E-state index in [1.54, 1.807) is 6.20 Å². The van der Waals surface area contributed by atoms with E-state index in [9.17, 15) is 22.8 Å². The first-order valence-corrected chi connectivity index (χ1v) is 14.4. The second-order valence-corrected chi connectivity index (χ2v) is 11.1. The Labute approximate surface area is 249 Å². The molecule has 2 aliphatic rings. The number of benzene rings is 1. The number of carbonyl (C=O) groups excluding carboxylic acids is 2. The van der Waals surface area contributed by atoms with E-state index in [1.807, 2.05) is 16.8 Å². The molecule has 1 fully saturated rings. The number of nitrogen functional groups attached to an aromatic ring is 1. The first-order valence-electron chi connectivity index (χ1n) is 14.4. The molecular weight excluding hydrogens is 578 g/mol. The van der Waals surface area contributed by atoms with Crippen LogP contribution >= 0.6 is 0 Å². The Morgan fingerprint density at radius 2 is 1.95 bits per heavy atom. The van der Waals surface area contributed by atoms with Gasteiger partial charge >= 0.3 is 6.18 Å². The van der Waals surface area contributed by atoms with E-state index in [0.717, 1.165) is 43.2 Å². The van der Waals surface area contributed by atoms with Crippen LogP contribution in [0.15, 0.2) is 48.8 Å². The molecule has 2 amide bonds. The van der Waals surface area contributed by atoms with Gasteiger partial charge < -0.3 is 16.4 Å². The van der Waals surface area contributed by atoms with E-state index in [2.05, 4.69) is 20.6 Å². The number of allylic oxidation sites excluding steroid dienone is 1. The molecule has 228 valence electrons. The lowest BCUT2D eigenvalue weighted by molar-refractivity contribution is -0.137. The van der Waals surface area contributed by atoms with Crippen molar-refractivity contribution in [3.8, 4) is 11.3 Å². The molecule has 4 aromatic rings. The van der Waals surface area contributed by atoms with Gasteiger partial charge in [0.2, 0.25) is 5.91 Å². The molecule has 9 nitrogen and oxygen atoms in total. The van der Waals surface area contributed by atoms with E-state index in [-0.39, 0.29) is 46.4 Å². The summed E-state index contributed by atoms with van der Waals surface area (Å²) in [7, 11) is 0. The van der Waals surface area contributed by atoms with Crippen LogP contribution in [0.2, 0.25) is 0 Å². The summed E-state index contributed by atoms with van der Waals surface area (Å²) in [6.45, 7) is 0. The summed E-state index contributed by atoms with van der Waals surface area (Å²) in [6, 6.07) is 5.13. The van der Waals surface area contributed by atoms with Gasteiger partial charge in [-0.05, 0) is 68.9 Å². The van der Waals surface area contributed by atoms with Gasteiger partial charge in [0.25, 0.3) is 5.91 Å². The summed E-state index contributed by atoms with van der Waals surface area (Å²) in [5, 5.41) is 10.8. The third kappa shape index (κ3) is 5.86. The molecule has 2 bridgehead atoms. The second-order valence-electron chi connectivity index (χ2n) is 11.1. The van der Waals surface area contributed by atoms with Crippen LogP contribution in [0.3, 0.4) is 0 Å². The Kier molecular flexibility index (Phi) is 7.78. The lowest BCUT2D eigenvalue weighted by Gasteiger charge is -2.30. The highest BCUT2D eigenvalue weighted by molar-refractivity contribution is 6.06. The largest absolute Gasteiger partial charge is 0.416 e. The predicted molar refractivity (Wildman–Crippen MR) is 157 cm³/mol. The van der Waals surface area contributed by atoms with E-state index in [0.29, 0.717) is 42.7 Å². The van der Waals surface area contributed by atoms with Crippen LogP contribution in [-0.2, 0) is 11.0 Å². The molecule has 4 heterocycles. The normalized spacial score (nSPS) is 19.0. The smallest absolute Gasteiger partial charge is 0.383 e. The number of alkyl halides is 3. The van der Waals surface area contributed by atoms with Crippen LogP contribution in [0.4, 0.5) is 29.2 Å². The molecule has 13 heteroatoms. The van der Waals surface area contributed by atoms with Gasteiger partial charge in [0.1, 0.15) is 23.1 Å². The van der Waals surface area contributed by atoms with Crippen LogP contribution < -0.4 is 16.4 Å². The fourth-order valence-electron chi connectivity index (χ4n) is 5.91. The van der Waals surface area contributed by atoms with Gasteiger partial charge in [-0.3, -0.25) is 14.3 Å². The van der Waals surface area contributed by atoms with Crippen molar-refractivity contribution in [2.75, 3.05) is 11.1 Å². The Bertz CT molecular complexity index is 1780. The summed E-state index contributed by atoms with van der Waals surface area (Å²) in [4.78, 5) is 33.5. The minimum atomic E-state index is -4.61. The standard InChI is InChI=1S/C31H29F4N7O2/c32-23-13-17(30(44)40-24-14-19(11-12-37-24)31(33,34)35)9-10-22(23)27-26-28-18(16-38-29(26)36)5-2-1-3-8-25(43)39-20-6-4-7-21(15-20)42(28)41-27/h2,5,9-14,16,20-21H,1,3-4,6-8,15H2,(H2,36,38)(H,39,43)(H,37,40,44)/t20-,21-/m1/s1. The third-order valence-corrected chi connectivity index (χ3v) is 8.03. The van der Waals surface area contributed by atoms with Crippen molar-refractivity contribution in [1.29, 1.82) is 0 Å². The van der Waals surface area contributed by atoms with Gasteiger partial charge in [-0.25, -0.2) is 14.4 Å². The van der Waals surface area contributed by atoms with Crippen molar-refractivity contribution in [2.24, 2.45) is 0 Å². The van der Waals surface area contributed by atoms with Gasteiger partial charge in [-0.15, -0.1) is 0 Å². The first-order chi connectivity index (χ1) is 21.1. The average molecular weight is 608 g/mol. The summed E-state index contributed by atoms with van der Waals surface area (Å²) in [5.74, 6) is -1.74. The molecule has 0 spiro atoms. The van der Waals surface area contributed by atoms with Crippen molar-refractivity contribution in [1.82, 2.24) is 25.1 Å². The maximum absolute atomic E-state index is 15.8. The third-order valence-electron chi connectivity index (χ3n) is 8.03. The van der Waals surface area contributed by atoms with E-state index >= 15 is 4.39 Å². The summed E-state index contributed by atoms with van der Waals surface area (Å²) in [6.07, 6.45) is 6.87. The van der Waals surface area contributed by atoms with Crippen molar-refractivity contribution < 1.29 is 27.2 Å². The molecule has 4 N–H and O–H groups in total. The molecule has 0 radical (unpaired) electrons. The van der Waals surface area contributed by atoms with Crippen LogP contribution in [0, 0.1) is 5.82 Å². The molecule has 0 saturated heterocycles. The SMILES string of the molecule is Nc1ncc2c3c1c(-c1ccc(C(=O)Nc4cc(C(F)(F)F)ccn4)cc1F)nn3[C@@H]1CCC[C@H](C1)NC(=O)CCCC=C2. The molecule has 3 aromatic heterocycles. The molecule has 2 atom stereocenters. The highest BCUT2D eigenvalue weighted by Gasteiger charge is 2.32. The van der Waals surface area contributed by atoms with Gasteiger partial charge in [0, 0.05) is 41.5 Å². The fraction of sp³-hybridized carbons (Fsp3) is 0.323. The van der Waals surface area contributed by atoms with Crippen LogP contribution in [-0.4, -0.2) is 37.6 Å². The Morgan fingerprint density at radius 1 is 1.11 bits per heavy atom. The van der Waals surface area contributed by atoms with E-state index < -0.39 is 23.5 Å². The molecule has 1 aliphatic carbocycles. The minimum Gasteiger partial charge on any atom is -0.383 e. The number of fused-ring (bicyclic) bond motifs is 3. The van der Waals surface area contributed by atoms with Gasteiger partial charge in [0.15, 0.2) is 0 Å². The number of pyridine rings is 2. The number of nitrogens with one attached hydrogen (secondary N) is 2. The van der Waals surface area contributed by atoms with Gasteiger partial charge in [0.05, 0.1) is 22.5 Å². The minimum absolute atomic E-state index is 0.0128. The lowest BCUT2D eigenvalue weighted by atomic mass is 9.90. The number of aromatic nitrogens is 4. The van der Waals surface area contributed by atoms with Gasteiger partial charge in [-0.2, -0.15) is 18.3 Å². The van der Waals surface area contributed by atoms with Crippen LogP contribution in [0.1, 0.15) is 72.5 Å². The first kappa shape index (κ1) is 29.3. The molecule has 1 aliphatic heterocycles. The number of hydrogen-bond donors (Lipinski definition) is 3. The maximum Gasteiger partial charge on any atom is 0.416 e.